The van der Waals surface area contributed by atoms with Gasteiger partial charge >= 0.3 is 0 Å². The number of aliphatic hydroxyl groups excluding tert-OH is 1. The van der Waals surface area contributed by atoms with Crippen LogP contribution in [0.2, 0.25) is 0 Å². The Hall–Kier alpha value is -1.21. The molecule has 2 aromatic heterocycles. The number of nitrogens with one attached hydrogen (secondary N) is 1. The van der Waals surface area contributed by atoms with Gasteiger partial charge in [0, 0.05) is 13.0 Å². The normalized spacial score (nSPS) is 12.9. The van der Waals surface area contributed by atoms with Crippen molar-refractivity contribution in [3.8, 4) is 0 Å². The maximum Gasteiger partial charge on any atom is 0.111 e. The fraction of sp³-hybridized carbons (Fsp3) is 0.500. The summed E-state index contributed by atoms with van der Waals surface area (Å²) in [4.78, 5) is 0. The van der Waals surface area contributed by atoms with E-state index in [-0.39, 0.29) is 0 Å². The highest BCUT2D eigenvalue weighted by molar-refractivity contribution is 9.10. The summed E-state index contributed by atoms with van der Waals surface area (Å²) < 4.78 is 2.82. The maximum absolute atomic E-state index is 10.0. The van der Waals surface area contributed by atoms with Crippen LogP contribution in [0.5, 0.6) is 0 Å². The van der Waals surface area contributed by atoms with Crippen LogP contribution in [0, 0.1) is 6.92 Å². The van der Waals surface area contributed by atoms with Gasteiger partial charge in [-0.1, -0.05) is 0 Å². The molecule has 17 heavy (non-hydrogen) atoms. The van der Waals surface area contributed by atoms with Crippen LogP contribution in [-0.4, -0.2) is 30.3 Å². The lowest BCUT2D eigenvalue weighted by Crippen LogP contribution is -2.09. The first kappa shape index (κ1) is 12.3. The highest BCUT2D eigenvalue weighted by Gasteiger charge is 2.18. The van der Waals surface area contributed by atoms with Gasteiger partial charge in [-0.25, -0.2) is 0 Å². The van der Waals surface area contributed by atoms with Crippen LogP contribution in [0.4, 0.5) is 0 Å². The minimum absolute atomic E-state index is 0.460. The fourth-order valence-corrected chi connectivity index (χ4v) is 2.17. The van der Waals surface area contributed by atoms with E-state index in [9.17, 15) is 5.11 Å². The monoisotopic (exact) mass is 299 g/mol. The lowest BCUT2D eigenvalue weighted by Gasteiger charge is -2.09. The second-order valence-electron chi connectivity index (χ2n) is 3.78. The van der Waals surface area contributed by atoms with E-state index >= 15 is 0 Å². The summed E-state index contributed by atoms with van der Waals surface area (Å²) in [6.07, 6.45) is 1.31. The molecule has 0 bridgehead atoms. The standard InChI is InChI=1S/C10H14BrN5O/c1-3-16-8(10(11)6(2)14-16)4-9(17)7-5-12-15-13-7/h5,9,17H,3-4H2,1-2H3,(H,12,13,15). The largest absolute Gasteiger partial charge is 0.386 e. The zero-order valence-electron chi connectivity index (χ0n) is 9.68. The first-order valence-corrected chi connectivity index (χ1v) is 6.18. The Morgan fingerprint density at radius 1 is 1.59 bits per heavy atom. The van der Waals surface area contributed by atoms with Crippen molar-refractivity contribution in [3.63, 3.8) is 0 Å². The number of hydrogen-bond acceptors (Lipinski definition) is 4. The molecule has 0 aromatic carbocycles. The molecule has 1 atom stereocenters. The van der Waals surface area contributed by atoms with Crippen molar-refractivity contribution in [2.45, 2.75) is 32.9 Å². The average molecular weight is 300 g/mol. The Labute approximate surface area is 107 Å². The Kier molecular flexibility index (Phi) is 3.58. The van der Waals surface area contributed by atoms with Gasteiger partial charge in [-0.2, -0.15) is 20.5 Å². The van der Waals surface area contributed by atoms with Gasteiger partial charge in [-0.05, 0) is 29.8 Å². The van der Waals surface area contributed by atoms with Crippen LogP contribution >= 0.6 is 15.9 Å². The zero-order valence-corrected chi connectivity index (χ0v) is 11.3. The molecule has 0 fully saturated rings. The van der Waals surface area contributed by atoms with Crippen molar-refractivity contribution in [1.29, 1.82) is 0 Å². The molecule has 0 saturated heterocycles. The molecule has 0 saturated carbocycles. The van der Waals surface area contributed by atoms with E-state index < -0.39 is 6.10 Å². The van der Waals surface area contributed by atoms with E-state index in [1.165, 1.54) is 6.20 Å². The van der Waals surface area contributed by atoms with Gasteiger partial charge in [0.05, 0.1) is 22.1 Å². The summed E-state index contributed by atoms with van der Waals surface area (Å²) >= 11 is 3.50. The minimum Gasteiger partial charge on any atom is -0.386 e. The molecular weight excluding hydrogens is 286 g/mol. The summed E-state index contributed by atoms with van der Waals surface area (Å²) in [5.41, 5.74) is 2.44. The van der Waals surface area contributed by atoms with Gasteiger partial charge in [0.25, 0.3) is 0 Å². The summed E-state index contributed by atoms with van der Waals surface area (Å²) in [6.45, 7) is 4.72. The Morgan fingerprint density at radius 2 is 2.35 bits per heavy atom. The van der Waals surface area contributed by atoms with Crippen molar-refractivity contribution in [1.82, 2.24) is 25.2 Å². The SMILES string of the molecule is CCn1nc(C)c(Br)c1CC(O)c1cn[nH]n1. The van der Waals surface area contributed by atoms with Crippen LogP contribution in [0.1, 0.15) is 30.1 Å². The van der Waals surface area contributed by atoms with Crippen molar-refractivity contribution < 1.29 is 5.11 Å². The maximum atomic E-state index is 10.0. The van der Waals surface area contributed by atoms with Gasteiger partial charge in [-0.3, -0.25) is 4.68 Å². The second-order valence-corrected chi connectivity index (χ2v) is 4.57. The van der Waals surface area contributed by atoms with Crippen LogP contribution in [0.25, 0.3) is 0 Å². The number of nitrogens with zero attached hydrogens (tertiary/aromatic N) is 4. The molecule has 2 aromatic rings. The van der Waals surface area contributed by atoms with Crippen molar-refractivity contribution in [3.05, 3.63) is 27.8 Å². The molecule has 1 unspecified atom stereocenters. The third-order valence-corrected chi connectivity index (χ3v) is 3.65. The highest BCUT2D eigenvalue weighted by Crippen LogP contribution is 2.25. The van der Waals surface area contributed by atoms with Gasteiger partial charge in [-0.15, -0.1) is 0 Å². The number of halogens is 1. The lowest BCUT2D eigenvalue weighted by atomic mass is 10.1. The van der Waals surface area contributed by atoms with Crippen LogP contribution < -0.4 is 0 Å². The number of aliphatic hydroxyl groups is 1. The number of H-pyrrole nitrogens is 1. The number of aryl methyl sites for hydroxylation is 2. The molecule has 7 heteroatoms. The number of aromatic amines is 1. The minimum atomic E-state index is -0.675. The Morgan fingerprint density at radius 3 is 2.94 bits per heavy atom. The zero-order chi connectivity index (χ0) is 12.4. The van der Waals surface area contributed by atoms with Gasteiger partial charge < -0.3 is 5.11 Å². The predicted molar refractivity (Wildman–Crippen MR) is 65.4 cm³/mol. The topological polar surface area (TPSA) is 79.6 Å². The average Bonchev–Trinajstić information content (AvgIpc) is 2.92. The first-order valence-electron chi connectivity index (χ1n) is 5.39. The molecule has 0 aliphatic carbocycles. The van der Waals surface area contributed by atoms with E-state index in [1.807, 2.05) is 18.5 Å². The Balaban J connectivity index is 2.24. The highest BCUT2D eigenvalue weighted by atomic mass is 79.9. The molecule has 0 radical (unpaired) electrons. The van der Waals surface area contributed by atoms with Crippen molar-refractivity contribution in [2.75, 3.05) is 0 Å². The molecule has 92 valence electrons. The molecule has 6 nitrogen and oxygen atoms in total. The van der Waals surface area contributed by atoms with Crippen LogP contribution in [-0.2, 0) is 13.0 Å². The van der Waals surface area contributed by atoms with E-state index in [1.54, 1.807) is 0 Å². The van der Waals surface area contributed by atoms with E-state index in [0.29, 0.717) is 12.1 Å². The lowest BCUT2D eigenvalue weighted by molar-refractivity contribution is 0.170. The molecular formula is C10H14BrN5O. The quantitative estimate of drug-likeness (QED) is 0.893. The third kappa shape index (κ3) is 2.39. The molecule has 0 spiro atoms. The third-order valence-electron chi connectivity index (χ3n) is 2.61. The predicted octanol–water partition coefficient (Wildman–Crippen LogP) is 1.37. The second kappa shape index (κ2) is 4.97. The van der Waals surface area contributed by atoms with Crippen molar-refractivity contribution >= 4 is 15.9 Å². The summed E-state index contributed by atoms with van der Waals surface area (Å²) in [6, 6.07) is 0. The van der Waals surface area contributed by atoms with Crippen LogP contribution in [0.3, 0.4) is 0 Å². The molecule has 0 aliphatic rings. The van der Waals surface area contributed by atoms with Gasteiger partial charge in [0.1, 0.15) is 11.8 Å². The summed E-state index contributed by atoms with van der Waals surface area (Å²) in [7, 11) is 0. The molecule has 0 amide bonds. The fourth-order valence-electron chi connectivity index (χ4n) is 1.72. The van der Waals surface area contributed by atoms with Gasteiger partial charge in [0.15, 0.2) is 0 Å². The molecule has 2 heterocycles. The molecule has 2 N–H and O–H groups in total. The number of rotatable bonds is 4. The smallest absolute Gasteiger partial charge is 0.111 e. The van der Waals surface area contributed by atoms with Crippen LogP contribution in [0.15, 0.2) is 10.7 Å². The number of hydrogen-bond donors (Lipinski definition) is 2. The summed E-state index contributed by atoms with van der Waals surface area (Å²) in [5.74, 6) is 0. The van der Waals surface area contributed by atoms with Gasteiger partial charge in [0.2, 0.25) is 0 Å². The van der Waals surface area contributed by atoms with Crippen molar-refractivity contribution in [2.24, 2.45) is 0 Å². The van der Waals surface area contributed by atoms with E-state index in [4.69, 9.17) is 0 Å². The summed E-state index contributed by atoms with van der Waals surface area (Å²) in [5, 5.41) is 24.5. The number of aromatic nitrogens is 5. The molecule has 2 rings (SSSR count). The first-order chi connectivity index (χ1) is 8.13. The van der Waals surface area contributed by atoms with E-state index in [2.05, 4.69) is 36.4 Å². The van der Waals surface area contributed by atoms with E-state index in [0.717, 1.165) is 22.4 Å². The molecule has 0 aliphatic heterocycles. The Bertz CT molecular complexity index is 493.